The molecule has 1 aromatic heterocycles. The maximum Gasteiger partial charge on any atom is 0.328 e. The van der Waals surface area contributed by atoms with Crippen LogP contribution in [0.1, 0.15) is 29.9 Å². The molecule has 0 aliphatic carbocycles. The van der Waals surface area contributed by atoms with Gasteiger partial charge in [-0.05, 0) is 49.8 Å². The molecule has 3 heteroatoms. The predicted molar refractivity (Wildman–Crippen MR) is 87.1 cm³/mol. The lowest BCUT2D eigenvalue weighted by Crippen LogP contribution is -1.87. The SMILES string of the molecule is CC(C=Cc1c(C)csc1C)=CC=CC(C)=CC(=O)O. The first-order valence-corrected chi connectivity index (χ1v) is 7.27. The molecule has 1 heterocycles. The van der Waals surface area contributed by atoms with Crippen molar-refractivity contribution in [2.45, 2.75) is 27.7 Å². The minimum absolute atomic E-state index is 0.718. The van der Waals surface area contributed by atoms with Gasteiger partial charge in [0.2, 0.25) is 0 Å². The molecule has 0 aliphatic heterocycles. The van der Waals surface area contributed by atoms with Crippen molar-refractivity contribution in [3.63, 3.8) is 0 Å². The minimum Gasteiger partial charge on any atom is -0.478 e. The molecule has 0 amide bonds. The molecule has 0 atom stereocenters. The zero-order chi connectivity index (χ0) is 15.1. The van der Waals surface area contributed by atoms with E-state index in [9.17, 15) is 4.79 Å². The zero-order valence-electron chi connectivity index (χ0n) is 12.3. The number of allylic oxidation sites excluding steroid dienone is 6. The van der Waals surface area contributed by atoms with Gasteiger partial charge in [0.1, 0.15) is 0 Å². The summed E-state index contributed by atoms with van der Waals surface area (Å²) in [4.78, 5) is 11.8. The van der Waals surface area contributed by atoms with E-state index in [0.29, 0.717) is 0 Å². The summed E-state index contributed by atoms with van der Waals surface area (Å²) in [5, 5.41) is 10.8. The maximum atomic E-state index is 10.5. The van der Waals surface area contributed by atoms with Crippen molar-refractivity contribution in [3.05, 3.63) is 62.9 Å². The van der Waals surface area contributed by atoms with Gasteiger partial charge >= 0.3 is 5.97 Å². The van der Waals surface area contributed by atoms with Crippen LogP contribution in [0.3, 0.4) is 0 Å². The number of carboxylic acids is 1. The summed E-state index contributed by atoms with van der Waals surface area (Å²) in [5.41, 5.74) is 4.42. The summed E-state index contributed by atoms with van der Waals surface area (Å²) in [6.07, 6.45) is 11.0. The fraction of sp³-hybridized carbons (Fsp3) is 0.235. The Labute approximate surface area is 124 Å². The van der Waals surface area contributed by atoms with Crippen molar-refractivity contribution in [2.75, 3.05) is 0 Å². The third-order valence-electron chi connectivity index (χ3n) is 2.80. The molecule has 106 valence electrons. The van der Waals surface area contributed by atoms with Crippen LogP contribution in [0.5, 0.6) is 0 Å². The lowest BCUT2D eigenvalue weighted by Gasteiger charge is -1.94. The van der Waals surface area contributed by atoms with Crippen molar-refractivity contribution in [3.8, 4) is 0 Å². The lowest BCUT2D eigenvalue weighted by atomic mass is 10.1. The topological polar surface area (TPSA) is 37.3 Å². The van der Waals surface area contributed by atoms with Crippen molar-refractivity contribution in [2.24, 2.45) is 0 Å². The molecule has 2 nitrogen and oxygen atoms in total. The highest BCUT2D eigenvalue weighted by molar-refractivity contribution is 7.10. The van der Waals surface area contributed by atoms with Crippen LogP contribution in [0.15, 0.2) is 46.9 Å². The van der Waals surface area contributed by atoms with Crippen LogP contribution in [0.25, 0.3) is 6.08 Å². The van der Waals surface area contributed by atoms with Crippen LogP contribution < -0.4 is 0 Å². The Balaban J connectivity index is 2.72. The van der Waals surface area contributed by atoms with E-state index in [4.69, 9.17) is 5.11 Å². The highest BCUT2D eigenvalue weighted by Crippen LogP contribution is 2.22. The summed E-state index contributed by atoms with van der Waals surface area (Å²) in [6.45, 7) is 8.02. The molecule has 0 aromatic carbocycles. The summed E-state index contributed by atoms with van der Waals surface area (Å²) in [7, 11) is 0. The molecule has 0 saturated carbocycles. The third-order valence-corrected chi connectivity index (χ3v) is 3.84. The van der Waals surface area contributed by atoms with E-state index in [1.165, 1.54) is 22.1 Å². The Bertz CT molecular complexity index is 579. The van der Waals surface area contributed by atoms with Crippen LogP contribution >= 0.6 is 11.3 Å². The van der Waals surface area contributed by atoms with Gasteiger partial charge in [-0.2, -0.15) is 0 Å². The first-order chi connectivity index (χ1) is 9.40. The number of aliphatic carboxylic acids is 1. The molecule has 0 radical (unpaired) electrons. The van der Waals surface area contributed by atoms with Gasteiger partial charge in [0.15, 0.2) is 0 Å². The number of thiophene rings is 1. The van der Waals surface area contributed by atoms with Crippen molar-refractivity contribution < 1.29 is 9.90 Å². The molecule has 0 bridgehead atoms. The van der Waals surface area contributed by atoms with Crippen LogP contribution in [-0.4, -0.2) is 11.1 Å². The fourth-order valence-corrected chi connectivity index (χ4v) is 2.53. The second-order valence-electron chi connectivity index (χ2n) is 4.72. The Morgan fingerprint density at radius 3 is 2.45 bits per heavy atom. The number of carboxylic acid groups (broad SMARTS) is 1. The summed E-state index contributed by atoms with van der Waals surface area (Å²) in [6, 6.07) is 0. The summed E-state index contributed by atoms with van der Waals surface area (Å²) >= 11 is 1.76. The largest absolute Gasteiger partial charge is 0.478 e. The van der Waals surface area contributed by atoms with E-state index in [1.807, 2.05) is 19.1 Å². The van der Waals surface area contributed by atoms with Gasteiger partial charge < -0.3 is 5.11 Å². The third kappa shape index (κ3) is 5.41. The quantitative estimate of drug-likeness (QED) is 0.617. The molecule has 20 heavy (non-hydrogen) atoms. The minimum atomic E-state index is -0.920. The second kappa shape index (κ2) is 7.65. The Morgan fingerprint density at radius 1 is 1.20 bits per heavy atom. The number of aryl methyl sites for hydroxylation is 2. The maximum absolute atomic E-state index is 10.5. The van der Waals surface area contributed by atoms with Gasteiger partial charge in [0.25, 0.3) is 0 Å². The first-order valence-electron chi connectivity index (χ1n) is 6.39. The highest BCUT2D eigenvalue weighted by Gasteiger charge is 1.99. The second-order valence-corrected chi connectivity index (χ2v) is 5.80. The van der Waals surface area contributed by atoms with Crippen molar-refractivity contribution in [1.82, 2.24) is 0 Å². The van der Waals surface area contributed by atoms with E-state index in [2.05, 4.69) is 31.4 Å². The number of hydrogen-bond donors (Lipinski definition) is 1. The van der Waals surface area contributed by atoms with Crippen LogP contribution in [0.2, 0.25) is 0 Å². The molecule has 0 fully saturated rings. The van der Waals surface area contributed by atoms with Gasteiger partial charge in [0.05, 0.1) is 0 Å². The van der Waals surface area contributed by atoms with Crippen molar-refractivity contribution in [1.29, 1.82) is 0 Å². The molecule has 1 aromatic rings. The fourth-order valence-electron chi connectivity index (χ4n) is 1.70. The van der Waals surface area contributed by atoms with Gasteiger partial charge in [-0.3, -0.25) is 0 Å². The van der Waals surface area contributed by atoms with E-state index >= 15 is 0 Å². The Morgan fingerprint density at radius 2 is 1.90 bits per heavy atom. The van der Waals surface area contributed by atoms with E-state index in [-0.39, 0.29) is 0 Å². The first kappa shape index (κ1) is 16.2. The molecular weight excluding hydrogens is 268 g/mol. The van der Waals surface area contributed by atoms with Gasteiger partial charge in [-0.1, -0.05) is 36.0 Å². The van der Waals surface area contributed by atoms with E-state index in [0.717, 1.165) is 11.1 Å². The standard InChI is InChI=1S/C17H20O2S/c1-12(6-5-7-13(2)10-17(18)19)8-9-16-14(3)11-20-15(16)4/h5-11H,1-4H3,(H,18,19). The van der Waals surface area contributed by atoms with E-state index < -0.39 is 5.97 Å². The molecule has 0 saturated heterocycles. The molecule has 1 rings (SSSR count). The smallest absolute Gasteiger partial charge is 0.328 e. The molecule has 0 aliphatic rings. The Hall–Kier alpha value is -1.87. The number of rotatable bonds is 5. The van der Waals surface area contributed by atoms with E-state index in [1.54, 1.807) is 24.3 Å². The summed E-state index contributed by atoms with van der Waals surface area (Å²) < 4.78 is 0. The van der Waals surface area contributed by atoms with Gasteiger partial charge in [-0.25, -0.2) is 4.79 Å². The number of hydrogen-bond acceptors (Lipinski definition) is 2. The molecule has 1 N–H and O–H groups in total. The number of carbonyl (C=O) groups is 1. The van der Waals surface area contributed by atoms with Crippen LogP contribution in [0.4, 0.5) is 0 Å². The highest BCUT2D eigenvalue weighted by atomic mass is 32.1. The lowest BCUT2D eigenvalue weighted by molar-refractivity contribution is -0.131. The van der Waals surface area contributed by atoms with Crippen LogP contribution in [0, 0.1) is 13.8 Å². The van der Waals surface area contributed by atoms with Crippen LogP contribution in [-0.2, 0) is 4.79 Å². The monoisotopic (exact) mass is 288 g/mol. The predicted octanol–water partition coefficient (Wildman–Crippen LogP) is 4.91. The van der Waals surface area contributed by atoms with Gasteiger partial charge in [0, 0.05) is 11.0 Å². The normalized spacial score (nSPS) is 13.6. The Kier molecular flexibility index (Phi) is 6.19. The van der Waals surface area contributed by atoms with Gasteiger partial charge in [-0.15, -0.1) is 11.3 Å². The molecular formula is C17H20O2S. The summed E-state index contributed by atoms with van der Waals surface area (Å²) in [5.74, 6) is -0.920. The average Bonchev–Trinajstić information content (AvgIpc) is 2.65. The molecule has 0 unspecified atom stereocenters. The molecule has 0 spiro atoms. The zero-order valence-corrected chi connectivity index (χ0v) is 13.1. The average molecular weight is 288 g/mol. The van der Waals surface area contributed by atoms with Crippen molar-refractivity contribution >= 4 is 23.4 Å².